The maximum atomic E-state index is 12.5. The summed E-state index contributed by atoms with van der Waals surface area (Å²) in [6.45, 7) is 7.49. The number of methoxy groups -OCH3 is 1. The number of benzene rings is 1. The Morgan fingerprint density at radius 3 is 2.67 bits per heavy atom. The van der Waals surface area contributed by atoms with E-state index in [0.29, 0.717) is 41.1 Å². The first-order chi connectivity index (χ1) is 11.5. The maximum Gasteiger partial charge on any atom is 0.266 e. The third kappa shape index (κ3) is 3.87. The van der Waals surface area contributed by atoms with Gasteiger partial charge in [0, 0.05) is 13.1 Å². The number of aliphatic imine (C=N–C) groups is 1. The van der Waals surface area contributed by atoms with Gasteiger partial charge < -0.3 is 9.47 Å². The molecule has 130 valence electrons. The molecule has 0 bridgehead atoms. The fourth-order valence-corrected chi connectivity index (χ4v) is 3.68. The van der Waals surface area contributed by atoms with Gasteiger partial charge in [0.25, 0.3) is 5.91 Å². The van der Waals surface area contributed by atoms with Crippen molar-refractivity contribution in [2.45, 2.75) is 20.8 Å². The number of carbonyl (C=O) groups excluding carboxylic acids is 1. The van der Waals surface area contributed by atoms with Gasteiger partial charge in [0.05, 0.1) is 23.6 Å². The molecule has 1 saturated heterocycles. The number of carbonyl (C=O) groups is 1. The fraction of sp³-hybridized carbons (Fsp3) is 0.412. The van der Waals surface area contributed by atoms with Crippen molar-refractivity contribution in [3.8, 4) is 11.5 Å². The van der Waals surface area contributed by atoms with Crippen LogP contribution in [0.15, 0.2) is 22.0 Å². The molecule has 1 aromatic carbocycles. The number of halogens is 1. The molecule has 0 N–H and O–H groups in total. The van der Waals surface area contributed by atoms with Gasteiger partial charge in [-0.05, 0) is 56.3 Å². The topological polar surface area (TPSA) is 51.1 Å². The molecular formula is C17H21ClN2O3S. The van der Waals surface area contributed by atoms with E-state index in [-0.39, 0.29) is 5.91 Å². The average Bonchev–Trinajstić information content (AvgIpc) is 2.85. The Labute approximate surface area is 151 Å². The van der Waals surface area contributed by atoms with E-state index in [1.807, 2.05) is 26.8 Å². The minimum absolute atomic E-state index is 0.0429. The quantitative estimate of drug-likeness (QED) is 0.710. The van der Waals surface area contributed by atoms with Crippen LogP contribution in [0, 0.1) is 0 Å². The van der Waals surface area contributed by atoms with Crippen molar-refractivity contribution in [1.29, 1.82) is 0 Å². The van der Waals surface area contributed by atoms with Crippen LogP contribution in [0.5, 0.6) is 11.5 Å². The Morgan fingerprint density at radius 1 is 1.33 bits per heavy atom. The molecular weight excluding hydrogens is 348 g/mol. The van der Waals surface area contributed by atoms with Crippen molar-refractivity contribution < 1.29 is 14.3 Å². The number of hydrogen-bond acceptors (Lipinski definition) is 5. The van der Waals surface area contributed by atoms with E-state index < -0.39 is 0 Å². The minimum atomic E-state index is -0.0429. The van der Waals surface area contributed by atoms with Gasteiger partial charge in [-0.1, -0.05) is 11.6 Å². The van der Waals surface area contributed by atoms with E-state index in [9.17, 15) is 4.79 Å². The predicted octanol–water partition coefficient (Wildman–Crippen LogP) is 4.06. The molecule has 24 heavy (non-hydrogen) atoms. The Bertz CT molecular complexity index is 689. The first kappa shape index (κ1) is 18.7. The monoisotopic (exact) mass is 368 g/mol. The Balaban J connectivity index is 2.39. The van der Waals surface area contributed by atoms with Crippen molar-refractivity contribution in [3.63, 3.8) is 0 Å². The second-order valence-corrected chi connectivity index (χ2v) is 6.30. The molecule has 0 spiro atoms. The highest BCUT2D eigenvalue weighted by atomic mass is 35.5. The molecule has 1 fully saturated rings. The van der Waals surface area contributed by atoms with E-state index >= 15 is 0 Å². The molecule has 0 saturated carbocycles. The van der Waals surface area contributed by atoms with Crippen LogP contribution in [0.4, 0.5) is 0 Å². The van der Waals surface area contributed by atoms with Gasteiger partial charge in [-0.15, -0.1) is 0 Å². The minimum Gasteiger partial charge on any atom is -0.493 e. The zero-order valence-electron chi connectivity index (χ0n) is 14.3. The number of thioether (sulfide) groups is 1. The number of amides is 1. The Kier molecular flexibility index (Phi) is 6.57. The normalized spacial score (nSPS) is 17.9. The van der Waals surface area contributed by atoms with Gasteiger partial charge in [-0.3, -0.25) is 14.7 Å². The molecule has 1 aliphatic heterocycles. The summed E-state index contributed by atoms with van der Waals surface area (Å²) in [6.07, 6.45) is 1.80. The van der Waals surface area contributed by atoms with E-state index in [1.165, 1.54) is 11.8 Å². The highest BCUT2D eigenvalue weighted by Crippen LogP contribution is 2.38. The van der Waals surface area contributed by atoms with Crippen LogP contribution in [0.3, 0.4) is 0 Å². The first-order valence-corrected chi connectivity index (χ1v) is 9.01. The zero-order valence-corrected chi connectivity index (χ0v) is 15.8. The lowest BCUT2D eigenvalue weighted by molar-refractivity contribution is -0.122. The summed E-state index contributed by atoms with van der Waals surface area (Å²) in [7, 11) is 1.56. The average molecular weight is 369 g/mol. The maximum absolute atomic E-state index is 12.5. The summed E-state index contributed by atoms with van der Waals surface area (Å²) in [5.41, 5.74) is 0.782. The summed E-state index contributed by atoms with van der Waals surface area (Å²) >= 11 is 7.67. The van der Waals surface area contributed by atoms with Crippen LogP contribution < -0.4 is 9.47 Å². The predicted molar refractivity (Wildman–Crippen MR) is 100 cm³/mol. The highest BCUT2D eigenvalue weighted by molar-refractivity contribution is 8.18. The number of ether oxygens (including phenoxy) is 2. The van der Waals surface area contributed by atoms with Crippen LogP contribution in [-0.4, -0.2) is 42.8 Å². The summed E-state index contributed by atoms with van der Waals surface area (Å²) < 4.78 is 10.9. The summed E-state index contributed by atoms with van der Waals surface area (Å²) in [5.74, 6) is 1.01. The van der Waals surface area contributed by atoms with Gasteiger partial charge in [0.1, 0.15) is 0 Å². The van der Waals surface area contributed by atoms with Gasteiger partial charge in [-0.2, -0.15) is 0 Å². The van der Waals surface area contributed by atoms with E-state index in [1.54, 1.807) is 24.2 Å². The molecule has 1 amide bonds. The molecule has 0 aromatic heterocycles. The van der Waals surface area contributed by atoms with Crippen molar-refractivity contribution in [2.75, 3.05) is 26.8 Å². The first-order valence-electron chi connectivity index (χ1n) is 7.81. The van der Waals surface area contributed by atoms with Crippen molar-refractivity contribution >= 4 is 40.5 Å². The molecule has 1 aliphatic rings. The van der Waals surface area contributed by atoms with Crippen LogP contribution >= 0.6 is 23.4 Å². The van der Waals surface area contributed by atoms with Crippen LogP contribution in [0.25, 0.3) is 6.08 Å². The van der Waals surface area contributed by atoms with Gasteiger partial charge in [0.2, 0.25) is 0 Å². The van der Waals surface area contributed by atoms with E-state index in [2.05, 4.69) is 4.99 Å². The van der Waals surface area contributed by atoms with Crippen LogP contribution in [0.2, 0.25) is 5.02 Å². The number of amidine groups is 1. The fourth-order valence-electron chi connectivity index (χ4n) is 2.30. The Morgan fingerprint density at radius 2 is 2.08 bits per heavy atom. The largest absolute Gasteiger partial charge is 0.493 e. The van der Waals surface area contributed by atoms with Gasteiger partial charge in [0.15, 0.2) is 16.7 Å². The lowest BCUT2D eigenvalue weighted by atomic mass is 10.1. The molecule has 0 radical (unpaired) electrons. The third-order valence-electron chi connectivity index (χ3n) is 3.34. The second kappa shape index (κ2) is 8.44. The molecule has 2 rings (SSSR count). The Hall–Kier alpha value is -1.66. The van der Waals surface area contributed by atoms with E-state index in [4.69, 9.17) is 21.1 Å². The third-order valence-corrected chi connectivity index (χ3v) is 4.66. The molecule has 0 unspecified atom stereocenters. The smallest absolute Gasteiger partial charge is 0.266 e. The summed E-state index contributed by atoms with van der Waals surface area (Å²) in [5, 5.41) is 1.19. The van der Waals surface area contributed by atoms with Gasteiger partial charge in [-0.25, -0.2) is 0 Å². The summed E-state index contributed by atoms with van der Waals surface area (Å²) in [6, 6.07) is 3.57. The lowest BCUT2D eigenvalue weighted by Gasteiger charge is -2.12. The number of likely N-dealkylation sites (N-methyl/N-ethyl adjacent to an activating group) is 1. The molecule has 0 atom stereocenters. The number of nitrogens with zero attached hydrogens (tertiary/aromatic N) is 2. The van der Waals surface area contributed by atoms with Crippen LogP contribution in [0.1, 0.15) is 26.3 Å². The molecule has 7 heteroatoms. The second-order valence-electron chi connectivity index (χ2n) is 4.88. The highest BCUT2D eigenvalue weighted by Gasteiger charge is 2.31. The molecule has 0 aliphatic carbocycles. The van der Waals surface area contributed by atoms with Crippen molar-refractivity contribution in [1.82, 2.24) is 4.90 Å². The molecule has 1 heterocycles. The molecule has 1 aromatic rings. The SMILES string of the molecule is CCN=C1S/C(=C/c2cc(Cl)c(OCC)c(OC)c2)C(=O)N1CC. The summed E-state index contributed by atoms with van der Waals surface area (Å²) in [4.78, 5) is 19.2. The van der Waals surface area contributed by atoms with Crippen LogP contribution in [-0.2, 0) is 4.79 Å². The van der Waals surface area contributed by atoms with Crippen molar-refractivity contribution in [3.05, 3.63) is 27.6 Å². The van der Waals surface area contributed by atoms with Crippen molar-refractivity contribution in [2.24, 2.45) is 4.99 Å². The lowest BCUT2D eigenvalue weighted by Crippen LogP contribution is -2.28. The zero-order chi connectivity index (χ0) is 17.7. The number of hydrogen-bond donors (Lipinski definition) is 0. The molecule has 5 nitrogen and oxygen atoms in total. The van der Waals surface area contributed by atoms with E-state index in [0.717, 1.165) is 10.7 Å². The standard InChI is InChI=1S/C17H21ClN2O3S/c1-5-19-17-20(6-2)16(21)14(24-17)10-11-8-12(18)15(23-7-3)13(9-11)22-4/h8-10H,5-7H2,1-4H3/b14-10+,19-17?. The van der Waals surface area contributed by atoms with Gasteiger partial charge >= 0.3 is 0 Å². The number of rotatable bonds is 6.